The quantitative estimate of drug-likeness (QED) is 0.908. The van der Waals surface area contributed by atoms with Crippen LogP contribution in [0.1, 0.15) is 31.2 Å². The van der Waals surface area contributed by atoms with Crippen LogP contribution in [-0.2, 0) is 6.54 Å². The molecule has 2 nitrogen and oxygen atoms in total. The second kappa shape index (κ2) is 7.78. The second-order valence-electron chi connectivity index (χ2n) is 5.29. The molecule has 1 aromatic rings. The zero-order valence-electron chi connectivity index (χ0n) is 11.1. The number of hydrogen-bond donors (Lipinski definition) is 1. The summed E-state index contributed by atoms with van der Waals surface area (Å²) in [4.78, 5) is 2.33. The Bertz CT molecular complexity index is 331. The normalized spacial score (nSPS) is 23.7. The predicted molar refractivity (Wildman–Crippen MR) is 78.0 cm³/mol. The van der Waals surface area contributed by atoms with Gasteiger partial charge in [0.15, 0.2) is 0 Å². The maximum atomic E-state index is 9.96. The van der Waals surface area contributed by atoms with E-state index in [-0.39, 0.29) is 18.5 Å². The van der Waals surface area contributed by atoms with Crippen LogP contribution < -0.4 is 0 Å². The van der Waals surface area contributed by atoms with Gasteiger partial charge in [-0.15, -0.1) is 12.4 Å². The SMILES string of the molecule is CN(Cc1ccccc1)C[C@@H]1CCCC[C@H]1O.Cl. The molecule has 0 aromatic heterocycles. The van der Waals surface area contributed by atoms with Crippen LogP contribution in [0.5, 0.6) is 0 Å². The molecule has 1 aliphatic carbocycles. The number of aliphatic hydroxyl groups is 1. The predicted octanol–water partition coefficient (Wildman–Crippen LogP) is 3.09. The largest absolute Gasteiger partial charge is 0.393 e. The molecule has 0 saturated heterocycles. The molecule has 0 unspecified atom stereocenters. The molecule has 18 heavy (non-hydrogen) atoms. The Morgan fingerprint density at radius 3 is 2.50 bits per heavy atom. The van der Waals surface area contributed by atoms with Gasteiger partial charge in [0.1, 0.15) is 0 Å². The van der Waals surface area contributed by atoms with Crippen molar-refractivity contribution in [1.82, 2.24) is 4.90 Å². The second-order valence-corrected chi connectivity index (χ2v) is 5.29. The number of nitrogens with zero attached hydrogens (tertiary/aromatic N) is 1. The van der Waals surface area contributed by atoms with Crippen LogP contribution in [-0.4, -0.2) is 29.7 Å². The van der Waals surface area contributed by atoms with Gasteiger partial charge in [0, 0.05) is 13.1 Å². The lowest BCUT2D eigenvalue weighted by Gasteiger charge is -2.31. The molecule has 3 heteroatoms. The van der Waals surface area contributed by atoms with E-state index in [0.29, 0.717) is 5.92 Å². The van der Waals surface area contributed by atoms with Gasteiger partial charge in [0.05, 0.1) is 6.10 Å². The van der Waals surface area contributed by atoms with Crippen LogP contribution in [0.4, 0.5) is 0 Å². The molecule has 0 spiro atoms. The summed E-state index contributed by atoms with van der Waals surface area (Å²) in [5.41, 5.74) is 1.35. The highest BCUT2D eigenvalue weighted by atomic mass is 35.5. The standard InChI is InChI=1S/C15H23NO.ClH/c1-16(11-13-7-3-2-4-8-13)12-14-9-5-6-10-15(14)17;/h2-4,7-8,14-15,17H,5-6,9-12H2,1H3;1H/t14-,15+;/m0./s1. The molecule has 0 radical (unpaired) electrons. The van der Waals surface area contributed by atoms with Crippen molar-refractivity contribution in [1.29, 1.82) is 0 Å². The minimum Gasteiger partial charge on any atom is -0.393 e. The topological polar surface area (TPSA) is 23.5 Å². The number of halogens is 1. The van der Waals surface area contributed by atoms with Crippen molar-refractivity contribution in [3.63, 3.8) is 0 Å². The van der Waals surface area contributed by atoms with Crippen LogP contribution in [0.2, 0.25) is 0 Å². The fraction of sp³-hybridized carbons (Fsp3) is 0.600. The summed E-state index contributed by atoms with van der Waals surface area (Å²) >= 11 is 0. The molecule has 0 amide bonds. The molecule has 0 heterocycles. The Labute approximate surface area is 116 Å². The van der Waals surface area contributed by atoms with Crippen molar-refractivity contribution in [2.45, 2.75) is 38.3 Å². The van der Waals surface area contributed by atoms with E-state index in [0.717, 1.165) is 19.5 Å². The lowest BCUT2D eigenvalue weighted by Crippen LogP contribution is -2.34. The average Bonchev–Trinajstić information content (AvgIpc) is 2.33. The monoisotopic (exact) mass is 269 g/mol. The van der Waals surface area contributed by atoms with Crippen molar-refractivity contribution in [2.75, 3.05) is 13.6 Å². The van der Waals surface area contributed by atoms with Crippen LogP contribution in [0.3, 0.4) is 0 Å². The molecular formula is C15H24ClNO. The Morgan fingerprint density at radius 1 is 1.17 bits per heavy atom. The van der Waals surface area contributed by atoms with Crippen LogP contribution in [0, 0.1) is 5.92 Å². The first-order valence-corrected chi connectivity index (χ1v) is 6.66. The van der Waals surface area contributed by atoms with Gasteiger partial charge in [-0.05, 0) is 31.4 Å². The Kier molecular flexibility index (Phi) is 6.69. The van der Waals surface area contributed by atoms with E-state index in [1.54, 1.807) is 0 Å². The summed E-state index contributed by atoms with van der Waals surface area (Å²) in [5.74, 6) is 0.470. The minimum absolute atomic E-state index is 0. The molecule has 1 aromatic carbocycles. The third kappa shape index (κ3) is 4.60. The number of rotatable bonds is 4. The van der Waals surface area contributed by atoms with E-state index in [9.17, 15) is 5.11 Å². The smallest absolute Gasteiger partial charge is 0.0580 e. The molecule has 0 bridgehead atoms. The number of benzene rings is 1. The van der Waals surface area contributed by atoms with Crippen LogP contribution >= 0.6 is 12.4 Å². The van der Waals surface area contributed by atoms with Crippen molar-refractivity contribution in [3.8, 4) is 0 Å². The van der Waals surface area contributed by atoms with Gasteiger partial charge in [-0.3, -0.25) is 0 Å². The summed E-state index contributed by atoms with van der Waals surface area (Å²) in [6.45, 7) is 1.99. The van der Waals surface area contributed by atoms with Gasteiger partial charge in [0.25, 0.3) is 0 Å². The van der Waals surface area contributed by atoms with E-state index in [1.165, 1.54) is 24.8 Å². The Morgan fingerprint density at radius 2 is 1.83 bits per heavy atom. The zero-order valence-corrected chi connectivity index (χ0v) is 11.9. The highest BCUT2D eigenvalue weighted by Gasteiger charge is 2.23. The van der Waals surface area contributed by atoms with E-state index in [2.05, 4.69) is 36.2 Å². The van der Waals surface area contributed by atoms with Crippen LogP contribution in [0.15, 0.2) is 30.3 Å². The molecule has 1 fully saturated rings. The van der Waals surface area contributed by atoms with Crippen molar-refractivity contribution < 1.29 is 5.11 Å². The van der Waals surface area contributed by atoms with Crippen LogP contribution in [0.25, 0.3) is 0 Å². The molecule has 1 N–H and O–H groups in total. The van der Waals surface area contributed by atoms with E-state index in [4.69, 9.17) is 0 Å². The molecular weight excluding hydrogens is 246 g/mol. The van der Waals surface area contributed by atoms with Crippen molar-refractivity contribution in [3.05, 3.63) is 35.9 Å². The van der Waals surface area contributed by atoms with Crippen molar-refractivity contribution >= 4 is 12.4 Å². The maximum absolute atomic E-state index is 9.96. The summed E-state index contributed by atoms with van der Waals surface area (Å²) in [6.07, 6.45) is 4.56. The Hall–Kier alpha value is -0.570. The van der Waals surface area contributed by atoms with Gasteiger partial charge in [0.2, 0.25) is 0 Å². The lowest BCUT2D eigenvalue weighted by molar-refractivity contribution is 0.0502. The van der Waals surface area contributed by atoms with Gasteiger partial charge < -0.3 is 10.0 Å². The van der Waals surface area contributed by atoms with Gasteiger partial charge >= 0.3 is 0 Å². The molecule has 0 aliphatic heterocycles. The average molecular weight is 270 g/mol. The molecule has 2 rings (SSSR count). The molecule has 1 aliphatic rings. The van der Waals surface area contributed by atoms with Gasteiger partial charge in [-0.2, -0.15) is 0 Å². The highest BCUT2D eigenvalue weighted by Crippen LogP contribution is 2.25. The molecule has 102 valence electrons. The first kappa shape index (κ1) is 15.5. The summed E-state index contributed by atoms with van der Waals surface area (Å²) in [6, 6.07) is 10.5. The third-order valence-corrected chi connectivity index (χ3v) is 3.71. The molecule has 1 saturated carbocycles. The minimum atomic E-state index is -0.0815. The van der Waals surface area contributed by atoms with E-state index in [1.807, 2.05) is 6.07 Å². The third-order valence-electron chi connectivity index (χ3n) is 3.71. The molecule has 2 atom stereocenters. The lowest BCUT2D eigenvalue weighted by atomic mass is 9.86. The first-order chi connectivity index (χ1) is 8.25. The van der Waals surface area contributed by atoms with E-state index < -0.39 is 0 Å². The first-order valence-electron chi connectivity index (χ1n) is 6.66. The summed E-state index contributed by atoms with van der Waals surface area (Å²) in [5, 5.41) is 9.96. The number of aliphatic hydroxyl groups excluding tert-OH is 1. The maximum Gasteiger partial charge on any atom is 0.0580 e. The Balaban J connectivity index is 0.00000162. The highest BCUT2D eigenvalue weighted by molar-refractivity contribution is 5.85. The summed E-state index contributed by atoms with van der Waals surface area (Å²) in [7, 11) is 2.15. The van der Waals surface area contributed by atoms with E-state index >= 15 is 0 Å². The zero-order chi connectivity index (χ0) is 12.1. The van der Waals surface area contributed by atoms with Gasteiger partial charge in [-0.1, -0.05) is 43.2 Å². The fourth-order valence-electron chi connectivity index (χ4n) is 2.76. The fourth-order valence-corrected chi connectivity index (χ4v) is 2.76. The van der Waals surface area contributed by atoms with Gasteiger partial charge in [-0.25, -0.2) is 0 Å². The summed E-state index contributed by atoms with van der Waals surface area (Å²) < 4.78 is 0. The number of hydrogen-bond acceptors (Lipinski definition) is 2. The van der Waals surface area contributed by atoms with Crippen molar-refractivity contribution in [2.24, 2.45) is 5.92 Å².